The van der Waals surface area contributed by atoms with Crippen LogP contribution < -0.4 is 10.6 Å². The van der Waals surface area contributed by atoms with E-state index in [4.69, 9.17) is 0 Å². The van der Waals surface area contributed by atoms with Gasteiger partial charge in [0.2, 0.25) is 5.91 Å². The van der Waals surface area contributed by atoms with Crippen molar-refractivity contribution < 1.29 is 14.3 Å². The lowest BCUT2D eigenvalue weighted by Gasteiger charge is -2.33. The molecule has 1 unspecified atom stereocenters. The number of ether oxygens (including phenoxy) is 1. The fourth-order valence-electron chi connectivity index (χ4n) is 2.45. The van der Waals surface area contributed by atoms with Crippen molar-refractivity contribution in [1.82, 2.24) is 15.5 Å². The van der Waals surface area contributed by atoms with Crippen molar-refractivity contribution in [2.75, 3.05) is 39.8 Å². The van der Waals surface area contributed by atoms with Gasteiger partial charge in [-0.3, -0.25) is 14.5 Å². The van der Waals surface area contributed by atoms with Crippen molar-refractivity contribution in [3.63, 3.8) is 0 Å². The fourth-order valence-corrected chi connectivity index (χ4v) is 2.45. The minimum Gasteiger partial charge on any atom is -0.469 e. The van der Waals surface area contributed by atoms with E-state index in [1.165, 1.54) is 13.5 Å². The number of carbonyl (C=O) groups is 2. The number of nitrogens with one attached hydrogen (secondary N) is 2. The van der Waals surface area contributed by atoms with Gasteiger partial charge in [0.1, 0.15) is 0 Å². The number of amides is 1. The Bertz CT molecular complexity index is 304. The molecule has 1 heterocycles. The van der Waals surface area contributed by atoms with Gasteiger partial charge in [0.15, 0.2) is 0 Å². The first-order valence-electron chi connectivity index (χ1n) is 7.45. The third kappa shape index (κ3) is 6.34. The highest BCUT2D eigenvalue weighted by atomic mass is 16.5. The van der Waals surface area contributed by atoms with Crippen LogP contribution in [-0.4, -0.2) is 62.7 Å². The molecule has 0 bridgehead atoms. The maximum Gasteiger partial charge on any atom is 0.305 e. The number of carbonyl (C=O) groups excluding carboxylic acids is 2. The molecule has 0 spiro atoms. The monoisotopic (exact) mass is 285 g/mol. The maximum absolute atomic E-state index is 11.9. The number of esters is 1. The van der Waals surface area contributed by atoms with Gasteiger partial charge in [-0.05, 0) is 32.4 Å². The molecule has 1 fully saturated rings. The zero-order chi connectivity index (χ0) is 14.8. The minimum atomic E-state index is -0.234. The minimum absolute atomic E-state index is 0.0299. The van der Waals surface area contributed by atoms with Gasteiger partial charge in [0.25, 0.3) is 0 Å². The molecule has 6 nitrogen and oxygen atoms in total. The van der Waals surface area contributed by atoms with Gasteiger partial charge in [-0.1, -0.05) is 6.92 Å². The molecule has 0 aliphatic carbocycles. The molecule has 116 valence electrons. The second-order valence-corrected chi connectivity index (χ2v) is 5.09. The second kappa shape index (κ2) is 9.72. The number of hydrogen-bond acceptors (Lipinski definition) is 5. The van der Waals surface area contributed by atoms with Gasteiger partial charge >= 0.3 is 5.97 Å². The summed E-state index contributed by atoms with van der Waals surface area (Å²) in [6.07, 6.45) is 3.29. The Morgan fingerprint density at radius 1 is 1.45 bits per heavy atom. The number of rotatable bonds is 8. The van der Waals surface area contributed by atoms with Crippen LogP contribution in [0.3, 0.4) is 0 Å². The van der Waals surface area contributed by atoms with Crippen LogP contribution in [-0.2, 0) is 14.3 Å². The van der Waals surface area contributed by atoms with E-state index in [1.54, 1.807) is 0 Å². The lowest BCUT2D eigenvalue weighted by molar-refractivity contribution is -0.140. The van der Waals surface area contributed by atoms with E-state index in [1.807, 2.05) is 0 Å². The van der Waals surface area contributed by atoms with Crippen LogP contribution in [0.15, 0.2) is 0 Å². The van der Waals surface area contributed by atoms with Crippen molar-refractivity contribution in [2.45, 2.75) is 38.6 Å². The zero-order valence-corrected chi connectivity index (χ0v) is 12.6. The summed E-state index contributed by atoms with van der Waals surface area (Å²) in [5, 5.41) is 6.23. The highest BCUT2D eigenvalue weighted by molar-refractivity contribution is 5.78. The van der Waals surface area contributed by atoms with Crippen LogP contribution in [0.4, 0.5) is 0 Å². The van der Waals surface area contributed by atoms with E-state index < -0.39 is 0 Å². The molecular formula is C14H27N3O3. The highest BCUT2D eigenvalue weighted by Crippen LogP contribution is 2.09. The van der Waals surface area contributed by atoms with E-state index in [2.05, 4.69) is 27.2 Å². The Hall–Kier alpha value is -1.14. The summed E-state index contributed by atoms with van der Waals surface area (Å²) in [5.41, 5.74) is 0. The van der Waals surface area contributed by atoms with Gasteiger partial charge < -0.3 is 15.4 Å². The first-order chi connectivity index (χ1) is 9.67. The van der Waals surface area contributed by atoms with Crippen LogP contribution >= 0.6 is 0 Å². The molecule has 1 atom stereocenters. The van der Waals surface area contributed by atoms with E-state index in [9.17, 15) is 9.59 Å². The van der Waals surface area contributed by atoms with Gasteiger partial charge in [-0.15, -0.1) is 0 Å². The molecule has 1 saturated heterocycles. The molecule has 1 amide bonds. The van der Waals surface area contributed by atoms with E-state index in [0.29, 0.717) is 32.0 Å². The molecule has 2 N–H and O–H groups in total. The summed E-state index contributed by atoms with van der Waals surface area (Å²) >= 11 is 0. The largest absolute Gasteiger partial charge is 0.469 e. The predicted molar refractivity (Wildman–Crippen MR) is 77.4 cm³/mol. The number of piperidine rings is 1. The number of methoxy groups -OCH3 is 1. The smallest absolute Gasteiger partial charge is 0.305 e. The van der Waals surface area contributed by atoms with Crippen molar-refractivity contribution in [2.24, 2.45) is 0 Å². The zero-order valence-electron chi connectivity index (χ0n) is 12.6. The molecule has 1 aliphatic rings. The Kier molecular flexibility index (Phi) is 8.22. The van der Waals surface area contributed by atoms with Gasteiger partial charge in [-0.2, -0.15) is 0 Å². The number of nitrogens with zero attached hydrogens (tertiary/aromatic N) is 1. The molecule has 0 aromatic heterocycles. The van der Waals surface area contributed by atoms with E-state index in [0.717, 1.165) is 26.1 Å². The van der Waals surface area contributed by atoms with Gasteiger partial charge in [0.05, 0.1) is 13.7 Å². The molecule has 0 aromatic carbocycles. The SMILES string of the molecule is CCN(CC(=O)NCCCC(=O)OC)C1CCCNC1. The van der Waals surface area contributed by atoms with Gasteiger partial charge in [0, 0.05) is 25.6 Å². The van der Waals surface area contributed by atoms with Crippen LogP contribution in [0.25, 0.3) is 0 Å². The quantitative estimate of drug-likeness (QED) is 0.490. The topological polar surface area (TPSA) is 70.7 Å². The first-order valence-corrected chi connectivity index (χ1v) is 7.45. The summed E-state index contributed by atoms with van der Waals surface area (Å²) < 4.78 is 4.55. The van der Waals surface area contributed by atoms with E-state index >= 15 is 0 Å². The van der Waals surface area contributed by atoms with Gasteiger partial charge in [-0.25, -0.2) is 0 Å². The number of hydrogen-bond donors (Lipinski definition) is 2. The Labute approximate surface area is 121 Å². The van der Waals surface area contributed by atoms with Crippen LogP contribution in [0.2, 0.25) is 0 Å². The molecule has 1 rings (SSSR count). The summed E-state index contributed by atoms with van der Waals surface area (Å²) in [6, 6.07) is 0.453. The van der Waals surface area contributed by atoms with Crippen molar-refractivity contribution in [3.05, 3.63) is 0 Å². The average molecular weight is 285 g/mol. The van der Waals surface area contributed by atoms with Crippen LogP contribution in [0, 0.1) is 0 Å². The molecule has 0 saturated carbocycles. The third-order valence-electron chi connectivity index (χ3n) is 3.65. The van der Waals surface area contributed by atoms with Crippen LogP contribution in [0.5, 0.6) is 0 Å². The Morgan fingerprint density at radius 2 is 2.25 bits per heavy atom. The molecule has 0 radical (unpaired) electrons. The first kappa shape index (κ1) is 16.9. The van der Waals surface area contributed by atoms with Crippen molar-refractivity contribution >= 4 is 11.9 Å². The molecule has 1 aliphatic heterocycles. The standard InChI is InChI=1S/C14H27N3O3/c1-3-17(12-6-4-8-15-10-12)11-13(18)16-9-5-7-14(19)20-2/h12,15H,3-11H2,1-2H3,(H,16,18). The summed E-state index contributed by atoms with van der Waals surface area (Å²) in [4.78, 5) is 25.0. The second-order valence-electron chi connectivity index (χ2n) is 5.09. The lowest BCUT2D eigenvalue weighted by Crippen LogP contribution is -2.49. The van der Waals surface area contributed by atoms with Crippen LogP contribution in [0.1, 0.15) is 32.6 Å². The highest BCUT2D eigenvalue weighted by Gasteiger charge is 2.21. The normalized spacial score (nSPS) is 18.9. The van der Waals surface area contributed by atoms with E-state index in [-0.39, 0.29) is 11.9 Å². The molecule has 20 heavy (non-hydrogen) atoms. The maximum atomic E-state index is 11.9. The summed E-state index contributed by atoms with van der Waals surface area (Å²) in [5.74, 6) is -0.204. The third-order valence-corrected chi connectivity index (χ3v) is 3.65. The summed E-state index contributed by atoms with van der Waals surface area (Å²) in [7, 11) is 1.37. The Morgan fingerprint density at radius 3 is 2.85 bits per heavy atom. The summed E-state index contributed by atoms with van der Waals surface area (Å²) in [6.45, 7) is 5.95. The average Bonchev–Trinajstić information content (AvgIpc) is 2.49. The Balaban J connectivity index is 2.20. The molecule has 0 aromatic rings. The predicted octanol–water partition coefficient (Wildman–Crippen LogP) is 0.130. The van der Waals surface area contributed by atoms with Crippen molar-refractivity contribution in [1.29, 1.82) is 0 Å². The van der Waals surface area contributed by atoms with Crippen molar-refractivity contribution in [3.8, 4) is 0 Å². The lowest BCUT2D eigenvalue weighted by atomic mass is 10.1. The number of likely N-dealkylation sites (N-methyl/N-ethyl adjacent to an activating group) is 1. The molecular weight excluding hydrogens is 258 g/mol. The fraction of sp³-hybridized carbons (Fsp3) is 0.857. The molecule has 6 heteroatoms.